The first kappa shape index (κ1) is 21.3. The van der Waals surface area contributed by atoms with Crippen LogP contribution in [0, 0.1) is 0 Å². The van der Waals surface area contributed by atoms with Crippen molar-refractivity contribution in [1.29, 1.82) is 0 Å². The van der Waals surface area contributed by atoms with Crippen molar-refractivity contribution >= 4 is 35.1 Å². The van der Waals surface area contributed by atoms with Gasteiger partial charge in [0.2, 0.25) is 5.91 Å². The number of carbonyl (C=O) groups is 5. The van der Waals surface area contributed by atoms with E-state index in [9.17, 15) is 24.0 Å². The fraction of sp³-hybridized carbons (Fsp3) is 0.115. The van der Waals surface area contributed by atoms with E-state index in [-0.39, 0.29) is 28.4 Å². The lowest BCUT2D eigenvalue weighted by molar-refractivity contribution is -0.133. The van der Waals surface area contributed by atoms with E-state index in [0.717, 1.165) is 4.90 Å². The summed E-state index contributed by atoms with van der Waals surface area (Å²) in [6.07, 6.45) is 0. The van der Waals surface area contributed by atoms with Gasteiger partial charge in [-0.25, -0.2) is 4.79 Å². The molecule has 2 aliphatic rings. The first-order valence-corrected chi connectivity index (χ1v) is 10.6. The third-order valence-electron chi connectivity index (χ3n) is 6.14. The zero-order valence-electron chi connectivity index (χ0n) is 18.1. The first-order valence-electron chi connectivity index (χ1n) is 10.6. The number of hydrogen-bond donors (Lipinski definition) is 2. The van der Waals surface area contributed by atoms with Gasteiger partial charge >= 0.3 is 6.03 Å². The average molecular weight is 453 g/mol. The van der Waals surface area contributed by atoms with Crippen LogP contribution in [0.15, 0.2) is 72.8 Å². The SMILES string of the molecule is CC1(c2ccccc2)NC(=O)N(CC(=O)Nc2ccc3c(c2)C(=O)c2ccccc2C3=O)C1=O. The van der Waals surface area contributed by atoms with Crippen LogP contribution >= 0.6 is 0 Å². The van der Waals surface area contributed by atoms with Crippen molar-refractivity contribution < 1.29 is 24.0 Å². The summed E-state index contributed by atoms with van der Waals surface area (Å²) in [6.45, 7) is 1.09. The molecule has 3 aromatic carbocycles. The molecule has 1 heterocycles. The van der Waals surface area contributed by atoms with Crippen LogP contribution in [0.1, 0.15) is 44.3 Å². The van der Waals surface area contributed by atoms with Crippen LogP contribution in [0.5, 0.6) is 0 Å². The Labute approximate surface area is 194 Å². The van der Waals surface area contributed by atoms with Gasteiger partial charge in [-0.05, 0) is 30.7 Å². The fourth-order valence-corrected chi connectivity index (χ4v) is 4.33. The van der Waals surface area contributed by atoms with E-state index >= 15 is 0 Å². The number of nitrogens with one attached hydrogen (secondary N) is 2. The largest absolute Gasteiger partial charge is 0.325 e. The van der Waals surface area contributed by atoms with Gasteiger partial charge in [-0.2, -0.15) is 0 Å². The Morgan fingerprint density at radius 2 is 1.41 bits per heavy atom. The average Bonchev–Trinajstić information content (AvgIpc) is 3.07. The Bertz CT molecular complexity index is 1400. The van der Waals surface area contributed by atoms with Crippen LogP contribution in [0.3, 0.4) is 0 Å². The summed E-state index contributed by atoms with van der Waals surface area (Å²) in [7, 11) is 0. The predicted octanol–water partition coefficient (Wildman–Crippen LogP) is 2.87. The lowest BCUT2D eigenvalue weighted by atomic mass is 9.84. The number of rotatable bonds is 4. The van der Waals surface area contributed by atoms with Gasteiger partial charge in [0.25, 0.3) is 5.91 Å². The molecule has 8 nitrogen and oxygen atoms in total. The monoisotopic (exact) mass is 453 g/mol. The van der Waals surface area contributed by atoms with Gasteiger partial charge in [0.1, 0.15) is 12.1 Å². The molecule has 0 saturated carbocycles. The molecule has 168 valence electrons. The third-order valence-corrected chi connectivity index (χ3v) is 6.14. The number of anilines is 1. The molecular weight excluding hydrogens is 434 g/mol. The Hall–Kier alpha value is -4.59. The summed E-state index contributed by atoms with van der Waals surface area (Å²) >= 11 is 0. The van der Waals surface area contributed by atoms with Gasteiger partial charge in [-0.1, -0.05) is 54.6 Å². The number of hydrogen-bond acceptors (Lipinski definition) is 5. The standard InChI is InChI=1S/C26H19N3O5/c1-26(15-7-3-2-4-8-15)24(33)29(25(34)28-26)14-21(30)27-16-11-12-19-20(13-16)23(32)18-10-6-5-9-17(18)22(19)31/h2-13H,14H2,1H3,(H,27,30)(H,28,34). The number of urea groups is 1. The smallest absolute Gasteiger partial charge is 0.325 e. The first-order chi connectivity index (χ1) is 16.3. The number of ketones is 2. The normalized spacial score (nSPS) is 18.9. The van der Waals surface area contributed by atoms with Crippen molar-refractivity contribution in [2.45, 2.75) is 12.5 Å². The lowest BCUT2D eigenvalue weighted by Gasteiger charge is -2.22. The van der Waals surface area contributed by atoms with E-state index in [2.05, 4.69) is 10.6 Å². The van der Waals surface area contributed by atoms with Gasteiger partial charge in [-0.15, -0.1) is 0 Å². The van der Waals surface area contributed by atoms with Crippen LogP contribution in [0.25, 0.3) is 0 Å². The van der Waals surface area contributed by atoms with Crippen molar-refractivity contribution in [1.82, 2.24) is 10.2 Å². The minimum atomic E-state index is -1.27. The van der Waals surface area contributed by atoms with Gasteiger partial charge < -0.3 is 10.6 Å². The molecule has 2 N–H and O–H groups in total. The van der Waals surface area contributed by atoms with Crippen LogP contribution in [0.2, 0.25) is 0 Å². The van der Waals surface area contributed by atoms with E-state index in [1.807, 2.05) is 0 Å². The Morgan fingerprint density at radius 1 is 0.824 bits per heavy atom. The van der Waals surface area contributed by atoms with Crippen molar-refractivity contribution in [3.05, 3.63) is 101 Å². The molecule has 1 saturated heterocycles. The van der Waals surface area contributed by atoms with Crippen LogP contribution in [-0.4, -0.2) is 40.9 Å². The molecule has 1 unspecified atom stereocenters. The highest BCUT2D eigenvalue weighted by molar-refractivity contribution is 6.28. The van der Waals surface area contributed by atoms with E-state index in [1.165, 1.54) is 18.2 Å². The molecule has 34 heavy (non-hydrogen) atoms. The minimum absolute atomic E-state index is 0.188. The van der Waals surface area contributed by atoms with Crippen molar-refractivity contribution in [3.8, 4) is 0 Å². The minimum Gasteiger partial charge on any atom is -0.325 e. The molecule has 0 spiro atoms. The Balaban J connectivity index is 1.34. The maximum Gasteiger partial charge on any atom is 0.325 e. The molecular formula is C26H19N3O5. The highest BCUT2D eigenvalue weighted by atomic mass is 16.2. The molecule has 1 aliphatic carbocycles. The van der Waals surface area contributed by atoms with E-state index < -0.39 is 29.9 Å². The highest BCUT2D eigenvalue weighted by Crippen LogP contribution is 2.30. The van der Waals surface area contributed by atoms with Gasteiger partial charge in [0, 0.05) is 27.9 Å². The molecule has 3 aromatic rings. The molecule has 5 rings (SSSR count). The van der Waals surface area contributed by atoms with Crippen LogP contribution in [0.4, 0.5) is 10.5 Å². The van der Waals surface area contributed by atoms with E-state index in [4.69, 9.17) is 0 Å². The van der Waals surface area contributed by atoms with Gasteiger partial charge in [0.15, 0.2) is 11.6 Å². The summed E-state index contributed by atoms with van der Waals surface area (Å²) in [5.74, 6) is -1.73. The molecule has 8 heteroatoms. The van der Waals surface area contributed by atoms with E-state index in [0.29, 0.717) is 16.7 Å². The number of carbonyl (C=O) groups excluding carboxylic acids is 5. The van der Waals surface area contributed by atoms with Gasteiger partial charge in [0.05, 0.1) is 0 Å². The Morgan fingerprint density at radius 3 is 2.09 bits per heavy atom. The number of nitrogens with zero attached hydrogens (tertiary/aromatic N) is 1. The fourth-order valence-electron chi connectivity index (χ4n) is 4.33. The molecule has 4 amide bonds. The topological polar surface area (TPSA) is 113 Å². The molecule has 1 fully saturated rings. The van der Waals surface area contributed by atoms with Crippen LogP contribution in [-0.2, 0) is 15.1 Å². The third kappa shape index (κ3) is 3.27. The quantitative estimate of drug-likeness (QED) is 0.462. The summed E-state index contributed by atoms with van der Waals surface area (Å²) in [6, 6.07) is 19.1. The second-order valence-electron chi connectivity index (χ2n) is 8.32. The molecule has 1 atom stereocenters. The molecule has 0 bridgehead atoms. The van der Waals surface area contributed by atoms with Crippen molar-refractivity contribution in [3.63, 3.8) is 0 Å². The second kappa shape index (κ2) is 7.77. The van der Waals surface area contributed by atoms with Crippen molar-refractivity contribution in [2.24, 2.45) is 0 Å². The van der Waals surface area contributed by atoms with Crippen LogP contribution < -0.4 is 10.6 Å². The number of fused-ring (bicyclic) bond motifs is 2. The summed E-state index contributed by atoms with van der Waals surface area (Å²) < 4.78 is 0. The zero-order valence-corrected chi connectivity index (χ0v) is 18.1. The molecule has 0 radical (unpaired) electrons. The Kier molecular flexibility index (Phi) is 4.86. The molecule has 1 aliphatic heterocycles. The maximum atomic E-state index is 13.0. The van der Waals surface area contributed by atoms with Crippen molar-refractivity contribution in [2.75, 3.05) is 11.9 Å². The summed E-state index contributed by atoms with van der Waals surface area (Å²) in [5, 5.41) is 5.26. The lowest BCUT2D eigenvalue weighted by Crippen LogP contribution is -2.42. The number of amides is 4. The van der Waals surface area contributed by atoms with E-state index in [1.54, 1.807) is 61.5 Å². The number of imide groups is 1. The molecule has 0 aromatic heterocycles. The maximum absolute atomic E-state index is 13.0. The highest BCUT2D eigenvalue weighted by Gasteiger charge is 2.49. The number of benzene rings is 3. The van der Waals surface area contributed by atoms with Gasteiger partial charge in [-0.3, -0.25) is 24.1 Å². The second-order valence-corrected chi connectivity index (χ2v) is 8.32. The summed E-state index contributed by atoms with van der Waals surface area (Å²) in [5.41, 5.74) is 0.712. The summed E-state index contributed by atoms with van der Waals surface area (Å²) in [4.78, 5) is 64.6. The zero-order chi connectivity index (χ0) is 24.0. The predicted molar refractivity (Wildman–Crippen MR) is 122 cm³/mol.